The Bertz CT molecular complexity index is 4380. The van der Waals surface area contributed by atoms with Crippen LogP contribution in [0.1, 0.15) is 139 Å². The van der Waals surface area contributed by atoms with Gasteiger partial charge in [-0.05, 0) is 67.6 Å². The summed E-state index contributed by atoms with van der Waals surface area (Å²) in [6.07, 6.45) is -2.62. The van der Waals surface area contributed by atoms with Crippen molar-refractivity contribution in [2.75, 3.05) is 25.4 Å². The van der Waals surface area contributed by atoms with E-state index in [0.717, 1.165) is 65.0 Å². The molecule has 1 fully saturated rings. The van der Waals surface area contributed by atoms with Gasteiger partial charge in [0.15, 0.2) is 5.78 Å². The van der Waals surface area contributed by atoms with Crippen LogP contribution in [0, 0.1) is 5.92 Å². The number of ether oxygens (including phenoxy) is 1. The van der Waals surface area contributed by atoms with Gasteiger partial charge in [-0.2, -0.15) is 0 Å². The van der Waals surface area contributed by atoms with Gasteiger partial charge in [0.25, 0.3) is 0 Å². The average Bonchev–Trinajstić information content (AvgIpc) is 1.72. The number of carboxylic acids is 4. The van der Waals surface area contributed by atoms with Crippen molar-refractivity contribution in [1.29, 1.82) is 0 Å². The Morgan fingerprint density at radius 1 is 0.538 bits per heavy atom. The number of aliphatic hydroxyl groups excluding tert-OH is 1. The summed E-state index contributed by atoms with van der Waals surface area (Å²) in [5.74, 6) is -30.4. The lowest BCUT2D eigenvalue weighted by Gasteiger charge is -2.30. The van der Waals surface area contributed by atoms with Crippen LogP contribution in [0.5, 0.6) is 5.75 Å². The van der Waals surface area contributed by atoms with Gasteiger partial charge in [0.1, 0.15) is 78.3 Å². The summed E-state index contributed by atoms with van der Waals surface area (Å²) in [6, 6.07) is -6.13. The number of nitrogen functional groups attached to an aromatic ring is 1. The molecular weight excluding hydrogens is 1570 g/mol. The van der Waals surface area contributed by atoms with Crippen molar-refractivity contribution in [3.8, 4) is 5.75 Å². The number of carboxylic acid groups (broad SMARTS) is 4. The van der Waals surface area contributed by atoms with Gasteiger partial charge in [-0.15, -0.1) is 0 Å². The maximum atomic E-state index is 14.9. The molecule has 1 aromatic heterocycles. The molecule has 2 heterocycles. The van der Waals surface area contributed by atoms with E-state index in [4.69, 9.17) is 16.2 Å². The molecule has 0 saturated carbocycles. The van der Waals surface area contributed by atoms with Crippen LogP contribution in [0.4, 0.5) is 5.69 Å². The molecule has 43 nitrogen and oxygen atoms in total. The fraction of sp³-hybridized carbons (Fsp3) is 0.474. The van der Waals surface area contributed by atoms with Crippen molar-refractivity contribution in [1.82, 2.24) is 74.1 Å². The number of phenolic OH excluding ortho intramolecular Hbond substituents is 1. The minimum absolute atomic E-state index is 0.0257. The second-order valence-corrected chi connectivity index (χ2v) is 28.2. The summed E-state index contributed by atoms with van der Waals surface area (Å²) in [4.78, 5) is 278. The molecule has 0 radical (unpaired) electrons. The monoisotopic (exact) mass is 1670 g/mol. The summed E-state index contributed by atoms with van der Waals surface area (Å²) in [7, 11) is 0. The molecular formula is C76H100N16O27. The number of unbranched alkanes of at least 4 members (excludes halogenated alkanes) is 6. The number of aliphatic hydroxyl groups is 1. The summed E-state index contributed by atoms with van der Waals surface area (Å²) in [5.41, 5.74) is 12.5. The van der Waals surface area contributed by atoms with E-state index in [-0.39, 0.29) is 35.4 Å². The van der Waals surface area contributed by atoms with Gasteiger partial charge < -0.3 is 121 Å². The third-order valence-corrected chi connectivity index (χ3v) is 18.5. The molecule has 1 aliphatic rings. The number of Topliss-reactive ketones (excluding diaryl/α,β-unsaturated/α-hetero) is 1. The fourth-order valence-electron chi connectivity index (χ4n) is 12.2. The number of anilines is 1. The lowest BCUT2D eigenvalue weighted by Crippen LogP contribution is -2.62. The number of hydrogen-bond donors (Lipinski definition) is 22. The number of benzene rings is 3. The number of amides is 14. The molecule has 646 valence electrons. The van der Waals surface area contributed by atoms with Gasteiger partial charge in [0.05, 0.1) is 51.8 Å². The predicted octanol–water partition coefficient (Wildman–Crippen LogP) is -4.41. The van der Waals surface area contributed by atoms with Gasteiger partial charge in [-0.3, -0.25) is 91.1 Å². The number of cyclic esters (lactones) is 1. The molecule has 1 saturated heterocycles. The van der Waals surface area contributed by atoms with Crippen LogP contribution in [0.15, 0.2) is 79.0 Å². The number of carbonyl (C=O) groups excluding carboxylic acids is 16. The molecule has 0 spiro atoms. The standard InChI is InChI=1S/C76H100N16O27/c1-5-6-7-8-9-10-11-20-57(97)83-48(27-41-33-79-46-19-15-13-16-43(41)46)70(112)87-49(29-56(78)96)71(113)89-52(32-63(106)107)72(114)92-65-39(4)119-76(118)53(28-55(95)44-17-12-14-18-45(44)77)90-75(117)64(37(2)25-60(100)101)91-73(115)54(36-93)85-59(99)34-80-67(109)50(30-61(102)103)86-66(108)38(3)82-68(110)51(31-62(104)105)88-69(111)47(84-58(98)35-81-74(65)116)26-40-21-23-42(94)24-22-40/h12-19,21-24,33,37-39,47-54,64-65,79,93-94H,5-11,20,25-32,34-36,77H2,1-4H3,(H2,78,96)(H,80,109)(H,81,116)(H,82,110)(H,83,97)(H,84,98)(H,85,99)(H,86,108)(H,87,112)(H,88,111)(H,89,113)(H,90,117)(H,91,115)(H,92,114)(H,100,101)(H,102,103)(H,104,105)(H,106,107)/t37-,38+,39+,47-,48-,49-,50-,51-,52-,53-,54+,64-,65-/m0/s1. The van der Waals surface area contributed by atoms with Crippen molar-refractivity contribution in [2.24, 2.45) is 11.7 Å². The zero-order chi connectivity index (χ0) is 88.3. The maximum absolute atomic E-state index is 14.9. The molecule has 5 rings (SSSR count). The number of nitrogens with one attached hydrogen (secondary N) is 14. The van der Waals surface area contributed by atoms with Crippen molar-refractivity contribution < 1.29 is 131 Å². The Kier molecular flexibility index (Phi) is 38.2. The van der Waals surface area contributed by atoms with E-state index < -0.39 is 261 Å². The zero-order valence-corrected chi connectivity index (χ0v) is 65.4. The van der Waals surface area contributed by atoms with E-state index in [1.165, 1.54) is 36.4 Å². The average molecular weight is 1670 g/mol. The van der Waals surface area contributed by atoms with Crippen LogP contribution in [-0.2, 0) is 109 Å². The first kappa shape index (κ1) is 95.9. The number of fused-ring (bicyclic) bond motifs is 1. The van der Waals surface area contributed by atoms with E-state index in [2.05, 4.69) is 65.1 Å². The number of rotatable bonds is 34. The van der Waals surface area contributed by atoms with Crippen LogP contribution >= 0.6 is 0 Å². The molecule has 24 N–H and O–H groups in total. The summed E-state index contributed by atoms with van der Waals surface area (Å²) >= 11 is 0. The first-order valence-corrected chi connectivity index (χ1v) is 37.8. The van der Waals surface area contributed by atoms with Gasteiger partial charge in [0.2, 0.25) is 82.7 Å². The van der Waals surface area contributed by atoms with E-state index in [0.29, 0.717) is 29.3 Å². The van der Waals surface area contributed by atoms with Crippen LogP contribution < -0.4 is 80.6 Å². The second kappa shape index (κ2) is 47.4. The predicted molar refractivity (Wildman–Crippen MR) is 414 cm³/mol. The zero-order valence-electron chi connectivity index (χ0n) is 65.4. The normalized spacial score (nSPS) is 20.8. The van der Waals surface area contributed by atoms with Crippen LogP contribution in [-0.4, -0.2) is 246 Å². The van der Waals surface area contributed by atoms with Gasteiger partial charge in [-0.1, -0.05) is 94.8 Å². The molecule has 4 aromatic rings. The molecule has 1 aliphatic heterocycles. The molecule has 43 heteroatoms. The quantitative estimate of drug-likeness (QED) is 0.00908. The number of carbonyl (C=O) groups is 20. The number of H-pyrrole nitrogens is 1. The van der Waals surface area contributed by atoms with Crippen LogP contribution in [0.25, 0.3) is 10.9 Å². The number of aromatic nitrogens is 1. The minimum atomic E-state index is -2.48. The van der Waals surface area contributed by atoms with Gasteiger partial charge >= 0.3 is 29.8 Å². The third-order valence-electron chi connectivity index (χ3n) is 18.5. The molecule has 0 unspecified atom stereocenters. The third kappa shape index (κ3) is 32.2. The van der Waals surface area contributed by atoms with Crippen molar-refractivity contribution in [3.63, 3.8) is 0 Å². The first-order chi connectivity index (χ1) is 56.3. The van der Waals surface area contributed by atoms with E-state index in [1.807, 2.05) is 16.0 Å². The number of phenols is 1. The number of aliphatic carboxylic acids is 4. The van der Waals surface area contributed by atoms with Gasteiger partial charge in [0, 0.05) is 54.0 Å². The van der Waals surface area contributed by atoms with Gasteiger partial charge in [-0.25, -0.2) is 4.79 Å². The van der Waals surface area contributed by atoms with Crippen LogP contribution in [0.3, 0.4) is 0 Å². The number of nitrogens with two attached hydrogens (primary N) is 2. The molecule has 0 aliphatic carbocycles. The largest absolute Gasteiger partial charge is 0.508 e. The number of esters is 1. The number of para-hydroxylation sites is 2. The van der Waals surface area contributed by atoms with E-state index >= 15 is 0 Å². The molecule has 0 bridgehead atoms. The summed E-state index contributed by atoms with van der Waals surface area (Å²) < 4.78 is 5.71. The second-order valence-electron chi connectivity index (χ2n) is 28.2. The van der Waals surface area contributed by atoms with E-state index in [9.17, 15) is 127 Å². The lowest BCUT2D eigenvalue weighted by atomic mass is 9.96. The minimum Gasteiger partial charge on any atom is -0.508 e. The number of ketones is 1. The number of hydrogen-bond acceptors (Lipinski definition) is 24. The van der Waals surface area contributed by atoms with Crippen LogP contribution in [0.2, 0.25) is 0 Å². The highest BCUT2D eigenvalue weighted by Gasteiger charge is 2.41. The topological polar surface area (TPSA) is 696 Å². The maximum Gasteiger partial charge on any atom is 0.329 e. The fourth-order valence-corrected chi connectivity index (χ4v) is 12.2. The molecule has 3 aromatic carbocycles. The Hall–Kier alpha value is -13.6. The Balaban J connectivity index is 1.63. The van der Waals surface area contributed by atoms with Crippen molar-refractivity contribution in [2.45, 2.75) is 203 Å². The Morgan fingerprint density at radius 2 is 1.08 bits per heavy atom. The smallest absolute Gasteiger partial charge is 0.329 e. The highest BCUT2D eigenvalue weighted by molar-refractivity contribution is 6.05. The first-order valence-electron chi connectivity index (χ1n) is 37.8. The molecule has 119 heavy (non-hydrogen) atoms. The lowest BCUT2D eigenvalue weighted by molar-refractivity contribution is -0.156. The highest BCUT2D eigenvalue weighted by Crippen LogP contribution is 2.22. The summed E-state index contributed by atoms with van der Waals surface area (Å²) in [6.45, 7) is 1.19. The van der Waals surface area contributed by atoms with E-state index in [1.54, 1.807) is 30.5 Å². The van der Waals surface area contributed by atoms with Crippen molar-refractivity contribution >= 4 is 135 Å². The Labute approximate surface area is 679 Å². The number of aromatic amines is 1. The Morgan fingerprint density at radius 3 is 1.68 bits per heavy atom. The highest BCUT2D eigenvalue weighted by atomic mass is 16.5. The van der Waals surface area contributed by atoms with Crippen molar-refractivity contribution in [3.05, 3.63) is 95.7 Å². The SMILES string of the molecule is CCCCCCCCCC(=O)N[C@@H](Cc1c[nH]c2ccccc12)C(=O)N[C@@H](CC(N)=O)C(=O)N[C@@H](CC(=O)O)C(=O)N[C@@H]1C(=O)NCC(=O)N[C@@H](Cc2ccc(O)cc2)C(=O)N[C@@H](CC(=O)O)C(=O)N[C@H](C)C(=O)N[C@@H](CC(=O)O)C(=O)NCC(=O)N[C@H](CO)C(=O)N[C@@H]([C@@H](C)CC(=O)O)C(=O)N[C@@H](CC(=O)c2ccccc2N)C(=O)O[C@@H]1C. The molecule has 13 atom stereocenters. The molecule has 14 amide bonds. The number of primary amides is 1. The summed E-state index contributed by atoms with van der Waals surface area (Å²) in [5, 5.41) is 89.0. The number of aromatic hydroxyl groups is 1.